The Hall–Kier alpha value is -1.36. The summed E-state index contributed by atoms with van der Waals surface area (Å²) in [5.41, 5.74) is 1.49. The number of nitrogens with one attached hydrogen (secondary N) is 1. The molecule has 18 heavy (non-hydrogen) atoms. The lowest BCUT2D eigenvalue weighted by Crippen LogP contribution is -2.30. The number of amides is 1. The SMILES string of the molecule is CCN(CC)CCCNC(=O)c1cc(C)n(C)n1. The molecule has 0 saturated heterocycles. The van der Waals surface area contributed by atoms with Crippen molar-refractivity contribution >= 4 is 5.91 Å². The quantitative estimate of drug-likeness (QED) is 0.742. The van der Waals surface area contributed by atoms with Gasteiger partial charge in [-0.05, 0) is 39.0 Å². The molecule has 0 aliphatic heterocycles. The Labute approximate surface area is 109 Å². The highest BCUT2D eigenvalue weighted by atomic mass is 16.1. The Morgan fingerprint density at radius 2 is 2.11 bits per heavy atom. The molecule has 5 nitrogen and oxygen atoms in total. The maximum absolute atomic E-state index is 11.8. The van der Waals surface area contributed by atoms with E-state index in [1.165, 1.54) is 0 Å². The predicted molar refractivity (Wildman–Crippen MR) is 72.7 cm³/mol. The highest BCUT2D eigenvalue weighted by Crippen LogP contribution is 2.00. The van der Waals surface area contributed by atoms with Crippen LogP contribution in [0.2, 0.25) is 0 Å². The van der Waals surface area contributed by atoms with Crippen molar-refractivity contribution in [3.05, 3.63) is 17.5 Å². The van der Waals surface area contributed by atoms with Gasteiger partial charge in [0.2, 0.25) is 0 Å². The molecule has 1 amide bonds. The molecule has 0 aromatic carbocycles. The smallest absolute Gasteiger partial charge is 0.271 e. The minimum Gasteiger partial charge on any atom is -0.351 e. The largest absolute Gasteiger partial charge is 0.351 e. The molecule has 0 fully saturated rings. The third-order valence-corrected chi connectivity index (χ3v) is 3.18. The first-order valence-corrected chi connectivity index (χ1v) is 6.59. The summed E-state index contributed by atoms with van der Waals surface area (Å²) in [6.45, 7) is 10.1. The van der Waals surface area contributed by atoms with E-state index in [1.54, 1.807) is 10.7 Å². The van der Waals surface area contributed by atoms with Crippen molar-refractivity contribution in [1.29, 1.82) is 0 Å². The van der Waals surface area contributed by atoms with Crippen molar-refractivity contribution in [2.24, 2.45) is 7.05 Å². The third kappa shape index (κ3) is 4.14. The lowest BCUT2D eigenvalue weighted by Gasteiger charge is -2.17. The zero-order chi connectivity index (χ0) is 13.5. The van der Waals surface area contributed by atoms with Gasteiger partial charge in [-0.1, -0.05) is 13.8 Å². The molecule has 1 N–H and O–H groups in total. The highest BCUT2D eigenvalue weighted by Gasteiger charge is 2.10. The first kappa shape index (κ1) is 14.7. The number of aryl methyl sites for hydroxylation is 2. The van der Waals surface area contributed by atoms with Crippen LogP contribution in [0.25, 0.3) is 0 Å². The molecule has 0 atom stereocenters. The summed E-state index contributed by atoms with van der Waals surface area (Å²) in [4.78, 5) is 14.1. The van der Waals surface area contributed by atoms with Crippen molar-refractivity contribution in [1.82, 2.24) is 20.0 Å². The fourth-order valence-corrected chi connectivity index (χ4v) is 1.81. The van der Waals surface area contributed by atoms with Crippen molar-refractivity contribution in [3.8, 4) is 0 Å². The van der Waals surface area contributed by atoms with Crippen LogP contribution in [0, 0.1) is 6.92 Å². The molecule has 0 aliphatic rings. The van der Waals surface area contributed by atoms with E-state index in [2.05, 4.69) is 29.2 Å². The minimum absolute atomic E-state index is 0.0850. The Morgan fingerprint density at radius 3 is 2.61 bits per heavy atom. The molecule has 102 valence electrons. The summed E-state index contributed by atoms with van der Waals surface area (Å²) < 4.78 is 1.71. The van der Waals surface area contributed by atoms with E-state index < -0.39 is 0 Å². The Kier molecular flexibility index (Phi) is 5.85. The zero-order valence-electron chi connectivity index (χ0n) is 11.9. The molecule has 0 radical (unpaired) electrons. The molecular formula is C13H24N4O. The molecular weight excluding hydrogens is 228 g/mol. The second-order valence-electron chi connectivity index (χ2n) is 4.43. The van der Waals surface area contributed by atoms with Crippen LogP contribution >= 0.6 is 0 Å². The summed E-state index contributed by atoms with van der Waals surface area (Å²) in [7, 11) is 1.84. The molecule has 0 unspecified atom stereocenters. The Balaban J connectivity index is 2.29. The van der Waals surface area contributed by atoms with E-state index in [1.807, 2.05) is 14.0 Å². The zero-order valence-corrected chi connectivity index (χ0v) is 11.9. The minimum atomic E-state index is -0.0850. The Bertz CT molecular complexity index is 363. The fourth-order valence-electron chi connectivity index (χ4n) is 1.81. The number of nitrogens with zero attached hydrogens (tertiary/aromatic N) is 3. The van der Waals surface area contributed by atoms with Gasteiger partial charge in [-0.3, -0.25) is 9.48 Å². The van der Waals surface area contributed by atoms with Crippen molar-refractivity contribution < 1.29 is 4.79 Å². The number of rotatable bonds is 7. The van der Waals surface area contributed by atoms with Gasteiger partial charge in [0.25, 0.3) is 5.91 Å². The first-order valence-electron chi connectivity index (χ1n) is 6.59. The molecule has 0 spiro atoms. The summed E-state index contributed by atoms with van der Waals surface area (Å²) >= 11 is 0. The maximum Gasteiger partial charge on any atom is 0.271 e. The van der Waals surface area contributed by atoms with Crippen LogP contribution in [-0.2, 0) is 7.05 Å². The molecule has 1 rings (SSSR count). The molecule has 1 aromatic heterocycles. The van der Waals surface area contributed by atoms with Crippen LogP contribution in [0.5, 0.6) is 0 Å². The van der Waals surface area contributed by atoms with Gasteiger partial charge in [0, 0.05) is 19.3 Å². The second-order valence-corrected chi connectivity index (χ2v) is 4.43. The fraction of sp³-hybridized carbons (Fsp3) is 0.692. The van der Waals surface area contributed by atoms with Gasteiger partial charge in [0.05, 0.1) is 0 Å². The number of carbonyl (C=O) groups excluding carboxylic acids is 1. The average Bonchev–Trinajstić information content (AvgIpc) is 2.70. The predicted octanol–water partition coefficient (Wildman–Crippen LogP) is 1.19. The van der Waals surface area contributed by atoms with Crippen LogP contribution in [-0.4, -0.2) is 46.8 Å². The van der Waals surface area contributed by atoms with E-state index >= 15 is 0 Å². The lowest BCUT2D eigenvalue weighted by molar-refractivity contribution is 0.0946. The monoisotopic (exact) mass is 252 g/mol. The molecule has 1 heterocycles. The van der Waals surface area contributed by atoms with Gasteiger partial charge >= 0.3 is 0 Å². The van der Waals surface area contributed by atoms with E-state index in [4.69, 9.17) is 0 Å². The summed E-state index contributed by atoms with van der Waals surface area (Å²) in [5.74, 6) is -0.0850. The van der Waals surface area contributed by atoms with E-state index in [0.29, 0.717) is 12.2 Å². The molecule has 0 saturated carbocycles. The van der Waals surface area contributed by atoms with Gasteiger partial charge in [0.1, 0.15) is 5.69 Å². The highest BCUT2D eigenvalue weighted by molar-refractivity contribution is 5.92. The van der Waals surface area contributed by atoms with E-state index in [-0.39, 0.29) is 5.91 Å². The van der Waals surface area contributed by atoms with E-state index in [0.717, 1.165) is 31.7 Å². The van der Waals surface area contributed by atoms with Crippen LogP contribution in [0.3, 0.4) is 0 Å². The average molecular weight is 252 g/mol. The summed E-state index contributed by atoms with van der Waals surface area (Å²) in [6, 6.07) is 1.81. The van der Waals surface area contributed by atoms with Crippen LogP contribution in [0.1, 0.15) is 36.5 Å². The summed E-state index contributed by atoms with van der Waals surface area (Å²) in [5, 5.41) is 7.05. The van der Waals surface area contributed by atoms with Crippen LogP contribution in [0.4, 0.5) is 0 Å². The van der Waals surface area contributed by atoms with Gasteiger partial charge in [-0.25, -0.2) is 0 Å². The van der Waals surface area contributed by atoms with Crippen molar-refractivity contribution in [2.75, 3.05) is 26.2 Å². The molecule has 0 aliphatic carbocycles. The number of hydrogen-bond donors (Lipinski definition) is 1. The maximum atomic E-state index is 11.8. The van der Waals surface area contributed by atoms with Gasteiger partial charge in [0.15, 0.2) is 0 Å². The van der Waals surface area contributed by atoms with Gasteiger partial charge in [-0.2, -0.15) is 5.10 Å². The number of hydrogen-bond acceptors (Lipinski definition) is 3. The molecule has 5 heteroatoms. The third-order valence-electron chi connectivity index (χ3n) is 3.18. The number of carbonyl (C=O) groups is 1. The first-order chi connectivity index (χ1) is 8.58. The topological polar surface area (TPSA) is 50.2 Å². The van der Waals surface area contributed by atoms with Crippen molar-refractivity contribution in [3.63, 3.8) is 0 Å². The summed E-state index contributed by atoms with van der Waals surface area (Å²) in [6.07, 6.45) is 0.971. The molecule has 1 aromatic rings. The second kappa shape index (κ2) is 7.16. The molecule has 0 bridgehead atoms. The normalized spacial score (nSPS) is 10.9. The standard InChI is InChI=1S/C13H24N4O/c1-5-17(6-2)9-7-8-14-13(18)12-10-11(3)16(4)15-12/h10H,5-9H2,1-4H3,(H,14,18). The van der Waals surface area contributed by atoms with Crippen LogP contribution in [0.15, 0.2) is 6.07 Å². The van der Waals surface area contributed by atoms with Gasteiger partial charge < -0.3 is 10.2 Å². The number of aromatic nitrogens is 2. The van der Waals surface area contributed by atoms with Gasteiger partial charge in [-0.15, -0.1) is 0 Å². The van der Waals surface area contributed by atoms with Crippen LogP contribution < -0.4 is 5.32 Å². The van der Waals surface area contributed by atoms with E-state index in [9.17, 15) is 4.79 Å². The Morgan fingerprint density at radius 1 is 1.44 bits per heavy atom. The van der Waals surface area contributed by atoms with Crippen molar-refractivity contribution in [2.45, 2.75) is 27.2 Å². The lowest BCUT2D eigenvalue weighted by atomic mass is 10.3.